The Labute approximate surface area is 121 Å². The second-order valence-corrected chi connectivity index (χ2v) is 4.34. The van der Waals surface area contributed by atoms with Crippen LogP contribution < -0.4 is 5.32 Å². The fraction of sp³-hybridized carbons (Fsp3) is 0.0625. The monoisotopic (exact) mass is 280 g/mol. The van der Waals surface area contributed by atoms with Crippen LogP contribution >= 0.6 is 0 Å². The minimum absolute atomic E-state index is 0.0453. The molecule has 5 heteroatoms. The fourth-order valence-electron chi connectivity index (χ4n) is 1.86. The molecule has 0 aromatic heterocycles. The van der Waals surface area contributed by atoms with Crippen molar-refractivity contribution in [2.75, 3.05) is 5.32 Å². The average Bonchev–Trinajstić information content (AvgIpc) is 2.49. The summed E-state index contributed by atoms with van der Waals surface area (Å²) in [5, 5.41) is 20.3. The highest BCUT2D eigenvalue weighted by Crippen LogP contribution is 2.14. The molecule has 1 amide bonds. The van der Waals surface area contributed by atoms with Crippen LogP contribution in [0.25, 0.3) is 0 Å². The number of amides is 1. The number of carbonyl (C=O) groups excluding carboxylic acids is 1. The predicted octanol–water partition coefficient (Wildman–Crippen LogP) is 2.70. The molecule has 0 fully saturated rings. The number of carbonyl (C=O) groups is 2. The van der Waals surface area contributed by atoms with E-state index in [1.165, 1.54) is 12.1 Å². The van der Waals surface area contributed by atoms with Gasteiger partial charge >= 0.3 is 5.97 Å². The van der Waals surface area contributed by atoms with E-state index < -0.39 is 11.9 Å². The predicted molar refractivity (Wildman–Crippen MR) is 77.1 cm³/mol. The summed E-state index contributed by atoms with van der Waals surface area (Å²) < 4.78 is 0. The molecular weight excluding hydrogens is 268 g/mol. The summed E-state index contributed by atoms with van der Waals surface area (Å²) in [6.07, 6.45) is 0.302. The van der Waals surface area contributed by atoms with Gasteiger partial charge < -0.3 is 10.4 Å². The van der Waals surface area contributed by atoms with Gasteiger partial charge in [0.2, 0.25) is 0 Å². The molecular formula is C16H12N2O3. The Morgan fingerprint density at radius 3 is 2.24 bits per heavy atom. The third-order valence-electron chi connectivity index (χ3n) is 2.90. The Morgan fingerprint density at radius 2 is 1.67 bits per heavy atom. The Balaban J connectivity index is 2.19. The van der Waals surface area contributed by atoms with Crippen LogP contribution in [0.5, 0.6) is 0 Å². The van der Waals surface area contributed by atoms with Gasteiger partial charge in [-0.2, -0.15) is 5.26 Å². The van der Waals surface area contributed by atoms with E-state index in [0.717, 1.165) is 5.56 Å². The minimum Gasteiger partial charge on any atom is -0.478 e. The van der Waals surface area contributed by atoms with Crippen molar-refractivity contribution in [3.63, 3.8) is 0 Å². The molecule has 5 nitrogen and oxygen atoms in total. The molecule has 21 heavy (non-hydrogen) atoms. The molecule has 0 unspecified atom stereocenters. The second kappa shape index (κ2) is 6.35. The van der Waals surface area contributed by atoms with Crippen molar-refractivity contribution in [3.8, 4) is 6.07 Å². The van der Waals surface area contributed by atoms with Gasteiger partial charge in [0.15, 0.2) is 0 Å². The number of rotatable bonds is 4. The minimum atomic E-state index is -1.15. The van der Waals surface area contributed by atoms with Crippen molar-refractivity contribution in [1.29, 1.82) is 5.26 Å². The highest BCUT2D eigenvalue weighted by atomic mass is 16.4. The van der Waals surface area contributed by atoms with Crippen molar-refractivity contribution in [3.05, 3.63) is 65.2 Å². The summed E-state index contributed by atoms with van der Waals surface area (Å²) in [4.78, 5) is 23.2. The van der Waals surface area contributed by atoms with Crippen LogP contribution in [0.3, 0.4) is 0 Å². The third kappa shape index (κ3) is 3.45. The lowest BCUT2D eigenvalue weighted by atomic mass is 10.1. The topological polar surface area (TPSA) is 90.2 Å². The van der Waals surface area contributed by atoms with E-state index in [2.05, 4.69) is 5.32 Å². The van der Waals surface area contributed by atoms with Gasteiger partial charge in [0, 0.05) is 5.69 Å². The molecule has 0 saturated heterocycles. The number of nitriles is 1. The van der Waals surface area contributed by atoms with Gasteiger partial charge in [0.1, 0.15) is 0 Å². The maximum atomic E-state index is 12.1. The lowest BCUT2D eigenvalue weighted by molar-refractivity contribution is 0.0692. The Morgan fingerprint density at radius 1 is 1.05 bits per heavy atom. The zero-order valence-corrected chi connectivity index (χ0v) is 11.0. The standard InChI is InChI=1S/C16H12N2O3/c17-10-9-11-5-7-12(8-6-11)18-15(19)13-3-1-2-4-14(13)16(20)21/h1-8H,9H2,(H,18,19)(H,20,21). The molecule has 0 heterocycles. The molecule has 0 atom stereocenters. The number of benzene rings is 2. The van der Waals surface area contributed by atoms with Crippen LogP contribution in [0, 0.1) is 11.3 Å². The number of nitrogens with zero attached hydrogens (tertiary/aromatic N) is 1. The van der Waals surface area contributed by atoms with Crippen molar-refractivity contribution in [2.45, 2.75) is 6.42 Å². The Bertz CT molecular complexity index is 715. The first-order valence-corrected chi connectivity index (χ1v) is 6.21. The lowest BCUT2D eigenvalue weighted by Gasteiger charge is -2.08. The first kappa shape index (κ1) is 14.3. The largest absolute Gasteiger partial charge is 0.478 e. The Kier molecular flexibility index (Phi) is 4.32. The summed E-state index contributed by atoms with van der Waals surface area (Å²) in [5.74, 6) is -1.63. The summed E-state index contributed by atoms with van der Waals surface area (Å²) in [6.45, 7) is 0. The quantitative estimate of drug-likeness (QED) is 0.900. The van der Waals surface area contributed by atoms with Crippen LogP contribution in [-0.2, 0) is 6.42 Å². The molecule has 2 aromatic carbocycles. The average molecular weight is 280 g/mol. The zero-order valence-electron chi connectivity index (χ0n) is 11.0. The molecule has 2 aromatic rings. The van der Waals surface area contributed by atoms with Crippen LogP contribution in [0.1, 0.15) is 26.3 Å². The molecule has 0 aliphatic heterocycles. The second-order valence-electron chi connectivity index (χ2n) is 4.34. The van der Waals surface area contributed by atoms with Crippen LogP contribution in [0.4, 0.5) is 5.69 Å². The van der Waals surface area contributed by atoms with E-state index in [1.807, 2.05) is 6.07 Å². The molecule has 0 spiro atoms. The number of hydrogen-bond donors (Lipinski definition) is 2. The number of hydrogen-bond acceptors (Lipinski definition) is 3. The molecule has 0 saturated carbocycles. The number of nitrogens with one attached hydrogen (secondary N) is 1. The molecule has 0 aliphatic rings. The first-order chi connectivity index (χ1) is 10.1. The van der Waals surface area contributed by atoms with Crippen LogP contribution in [-0.4, -0.2) is 17.0 Å². The number of carboxylic acids is 1. The summed E-state index contributed by atoms with van der Waals surface area (Å²) >= 11 is 0. The molecule has 0 bridgehead atoms. The van der Waals surface area contributed by atoms with Crippen LogP contribution in [0.15, 0.2) is 48.5 Å². The smallest absolute Gasteiger partial charge is 0.336 e. The molecule has 104 valence electrons. The van der Waals surface area contributed by atoms with Gasteiger partial charge in [0.05, 0.1) is 23.6 Å². The number of aromatic carboxylic acids is 1. The zero-order chi connectivity index (χ0) is 15.2. The highest BCUT2D eigenvalue weighted by molar-refractivity contribution is 6.10. The van der Waals surface area contributed by atoms with Gasteiger partial charge in [-0.3, -0.25) is 4.79 Å². The molecule has 2 rings (SSSR count). The maximum Gasteiger partial charge on any atom is 0.336 e. The summed E-state index contributed by atoms with van der Waals surface area (Å²) in [7, 11) is 0. The fourth-order valence-corrected chi connectivity index (χ4v) is 1.86. The van der Waals surface area contributed by atoms with E-state index in [0.29, 0.717) is 12.1 Å². The summed E-state index contributed by atoms with van der Waals surface area (Å²) in [5.41, 5.74) is 1.45. The van der Waals surface area contributed by atoms with Crippen molar-refractivity contribution < 1.29 is 14.7 Å². The first-order valence-electron chi connectivity index (χ1n) is 6.21. The highest BCUT2D eigenvalue weighted by Gasteiger charge is 2.15. The van der Waals surface area contributed by atoms with E-state index in [9.17, 15) is 9.59 Å². The van der Waals surface area contributed by atoms with Crippen LogP contribution in [0.2, 0.25) is 0 Å². The van der Waals surface area contributed by atoms with Gasteiger partial charge in [0.25, 0.3) is 5.91 Å². The number of carboxylic acid groups (broad SMARTS) is 1. The Hall–Kier alpha value is -3.13. The van der Waals surface area contributed by atoms with Crippen molar-refractivity contribution >= 4 is 17.6 Å². The van der Waals surface area contributed by atoms with E-state index >= 15 is 0 Å². The maximum absolute atomic E-state index is 12.1. The molecule has 0 aliphatic carbocycles. The number of anilines is 1. The third-order valence-corrected chi connectivity index (χ3v) is 2.90. The molecule has 0 radical (unpaired) electrons. The summed E-state index contributed by atoms with van der Waals surface area (Å²) in [6, 6.07) is 14.9. The van der Waals surface area contributed by atoms with Gasteiger partial charge in [-0.15, -0.1) is 0 Å². The van der Waals surface area contributed by atoms with Gasteiger partial charge in [-0.05, 0) is 29.8 Å². The van der Waals surface area contributed by atoms with Gasteiger partial charge in [-0.25, -0.2) is 4.79 Å². The van der Waals surface area contributed by atoms with E-state index in [4.69, 9.17) is 10.4 Å². The molecule has 2 N–H and O–H groups in total. The van der Waals surface area contributed by atoms with E-state index in [1.54, 1.807) is 36.4 Å². The van der Waals surface area contributed by atoms with Gasteiger partial charge in [-0.1, -0.05) is 24.3 Å². The SMILES string of the molecule is N#CCc1ccc(NC(=O)c2ccccc2C(=O)O)cc1. The normalized spacial score (nSPS) is 9.67. The van der Waals surface area contributed by atoms with Crippen molar-refractivity contribution in [2.24, 2.45) is 0 Å². The van der Waals surface area contributed by atoms with E-state index in [-0.39, 0.29) is 11.1 Å². The lowest BCUT2D eigenvalue weighted by Crippen LogP contribution is -2.16. The van der Waals surface area contributed by atoms with Crippen molar-refractivity contribution in [1.82, 2.24) is 0 Å².